The van der Waals surface area contributed by atoms with Gasteiger partial charge in [-0.15, -0.1) is 0 Å². The number of aliphatic hydroxyl groups is 1. The first-order chi connectivity index (χ1) is 21.2. The number of hydrogen-bond donors (Lipinski definition) is 1. The standard InChI is InChI=1S/C39H70O4/c1-3-5-7-9-11-13-15-16-17-18-19-20-21-22-23-25-27-29-31-33-35-42-37-38(36-40)43-39(41)34-32-30-28-26-24-14-12-10-8-6-4-2/h10-13,16-17,19-20,38,40H,3-9,14-15,18,21-37H2,1-2H3/b12-10-,13-11-,17-16-,20-19-. The number of allylic oxidation sites excluding steroid dienone is 8. The van der Waals surface area contributed by atoms with Crippen molar-refractivity contribution in [3.05, 3.63) is 48.6 Å². The van der Waals surface area contributed by atoms with Crippen LogP contribution in [-0.4, -0.2) is 37.0 Å². The molecular weight excluding hydrogens is 532 g/mol. The maximum atomic E-state index is 12.1. The first-order valence-electron chi connectivity index (χ1n) is 18.2. The fraction of sp³-hybridized carbons (Fsp3) is 0.769. The zero-order chi connectivity index (χ0) is 31.3. The molecule has 4 nitrogen and oxygen atoms in total. The van der Waals surface area contributed by atoms with Gasteiger partial charge in [0.15, 0.2) is 0 Å². The molecular formula is C39H70O4. The second-order valence-corrected chi connectivity index (χ2v) is 11.9. The number of ether oxygens (including phenoxy) is 2. The Morgan fingerprint density at radius 3 is 1.56 bits per heavy atom. The summed E-state index contributed by atoms with van der Waals surface area (Å²) in [7, 11) is 0. The van der Waals surface area contributed by atoms with E-state index >= 15 is 0 Å². The highest BCUT2D eigenvalue weighted by Gasteiger charge is 2.13. The van der Waals surface area contributed by atoms with Crippen LogP contribution in [0.3, 0.4) is 0 Å². The summed E-state index contributed by atoms with van der Waals surface area (Å²) < 4.78 is 11.1. The number of rotatable bonds is 33. The van der Waals surface area contributed by atoms with Crippen LogP contribution in [0.4, 0.5) is 0 Å². The van der Waals surface area contributed by atoms with E-state index in [9.17, 15) is 9.90 Å². The van der Waals surface area contributed by atoms with Crippen molar-refractivity contribution in [3.8, 4) is 0 Å². The Labute approximate surface area is 267 Å². The molecule has 0 radical (unpaired) electrons. The van der Waals surface area contributed by atoms with Gasteiger partial charge in [0.1, 0.15) is 6.10 Å². The van der Waals surface area contributed by atoms with Crippen molar-refractivity contribution in [2.24, 2.45) is 0 Å². The van der Waals surface area contributed by atoms with E-state index in [0.717, 1.165) is 38.5 Å². The maximum Gasteiger partial charge on any atom is 0.306 e. The molecule has 0 rings (SSSR count). The third-order valence-electron chi connectivity index (χ3n) is 7.63. The van der Waals surface area contributed by atoms with E-state index in [0.29, 0.717) is 13.0 Å². The summed E-state index contributed by atoms with van der Waals surface area (Å²) >= 11 is 0. The molecule has 1 atom stereocenters. The highest BCUT2D eigenvalue weighted by molar-refractivity contribution is 5.69. The van der Waals surface area contributed by atoms with E-state index in [1.807, 2.05) is 0 Å². The minimum Gasteiger partial charge on any atom is -0.457 e. The van der Waals surface area contributed by atoms with Crippen molar-refractivity contribution in [3.63, 3.8) is 0 Å². The molecule has 0 aromatic rings. The second-order valence-electron chi connectivity index (χ2n) is 11.9. The van der Waals surface area contributed by atoms with Crippen LogP contribution in [0, 0.1) is 0 Å². The van der Waals surface area contributed by atoms with Crippen LogP contribution in [-0.2, 0) is 14.3 Å². The normalized spacial score (nSPS) is 12.9. The number of hydrogen-bond acceptors (Lipinski definition) is 4. The number of carbonyl (C=O) groups is 1. The van der Waals surface area contributed by atoms with Crippen LogP contribution in [0.1, 0.15) is 168 Å². The Balaban J connectivity index is 3.48. The van der Waals surface area contributed by atoms with Crippen molar-refractivity contribution in [2.45, 2.75) is 174 Å². The molecule has 0 amide bonds. The van der Waals surface area contributed by atoms with Gasteiger partial charge >= 0.3 is 5.97 Å². The van der Waals surface area contributed by atoms with Gasteiger partial charge < -0.3 is 14.6 Å². The van der Waals surface area contributed by atoms with Crippen molar-refractivity contribution < 1.29 is 19.4 Å². The molecule has 0 aromatic carbocycles. The molecule has 43 heavy (non-hydrogen) atoms. The molecule has 1 N–H and O–H groups in total. The monoisotopic (exact) mass is 603 g/mol. The van der Waals surface area contributed by atoms with Crippen LogP contribution in [0.5, 0.6) is 0 Å². The van der Waals surface area contributed by atoms with Gasteiger partial charge in [0.25, 0.3) is 0 Å². The molecule has 1 unspecified atom stereocenters. The Morgan fingerprint density at radius 2 is 1.00 bits per heavy atom. The first-order valence-corrected chi connectivity index (χ1v) is 18.2. The van der Waals surface area contributed by atoms with Gasteiger partial charge in [0, 0.05) is 13.0 Å². The predicted octanol–water partition coefficient (Wildman–Crippen LogP) is 11.5. The summed E-state index contributed by atoms with van der Waals surface area (Å²) in [6.45, 7) is 5.24. The van der Waals surface area contributed by atoms with Gasteiger partial charge in [0.05, 0.1) is 13.2 Å². The molecule has 0 aromatic heterocycles. The fourth-order valence-electron chi connectivity index (χ4n) is 4.84. The van der Waals surface area contributed by atoms with Gasteiger partial charge in [-0.1, -0.05) is 140 Å². The van der Waals surface area contributed by atoms with Crippen LogP contribution in [0.2, 0.25) is 0 Å². The van der Waals surface area contributed by atoms with E-state index in [1.165, 1.54) is 109 Å². The number of unbranched alkanes of at least 4 members (excludes halogenated alkanes) is 17. The van der Waals surface area contributed by atoms with Crippen LogP contribution < -0.4 is 0 Å². The molecule has 250 valence electrons. The predicted molar refractivity (Wildman–Crippen MR) is 187 cm³/mol. The minimum atomic E-state index is -0.542. The highest BCUT2D eigenvalue weighted by Crippen LogP contribution is 2.11. The molecule has 0 aliphatic rings. The van der Waals surface area contributed by atoms with E-state index in [1.54, 1.807) is 0 Å². The summed E-state index contributed by atoms with van der Waals surface area (Å²) in [6, 6.07) is 0. The average Bonchev–Trinajstić information content (AvgIpc) is 3.01. The van der Waals surface area contributed by atoms with E-state index < -0.39 is 6.10 Å². The van der Waals surface area contributed by atoms with E-state index in [2.05, 4.69) is 62.5 Å². The van der Waals surface area contributed by atoms with Crippen LogP contribution >= 0.6 is 0 Å². The molecule has 0 aliphatic heterocycles. The third-order valence-corrected chi connectivity index (χ3v) is 7.63. The van der Waals surface area contributed by atoms with E-state index in [-0.39, 0.29) is 19.2 Å². The Morgan fingerprint density at radius 1 is 0.558 bits per heavy atom. The van der Waals surface area contributed by atoms with Crippen LogP contribution in [0.15, 0.2) is 48.6 Å². The average molecular weight is 603 g/mol. The zero-order valence-electron chi connectivity index (χ0n) is 28.5. The van der Waals surface area contributed by atoms with E-state index in [4.69, 9.17) is 9.47 Å². The fourth-order valence-corrected chi connectivity index (χ4v) is 4.84. The van der Waals surface area contributed by atoms with Gasteiger partial charge in [0.2, 0.25) is 0 Å². The Bertz CT molecular complexity index is 679. The summed E-state index contributed by atoms with van der Waals surface area (Å²) in [6.07, 6.45) is 45.8. The molecule has 0 fully saturated rings. The lowest BCUT2D eigenvalue weighted by Crippen LogP contribution is -2.27. The first kappa shape index (κ1) is 41.4. The molecule has 0 heterocycles. The van der Waals surface area contributed by atoms with Crippen LogP contribution in [0.25, 0.3) is 0 Å². The molecule has 0 spiro atoms. The molecule has 0 aliphatic carbocycles. The summed E-state index contributed by atoms with van der Waals surface area (Å²) in [5, 5.41) is 9.53. The zero-order valence-corrected chi connectivity index (χ0v) is 28.5. The molecule has 0 saturated carbocycles. The third kappa shape index (κ3) is 34.7. The lowest BCUT2D eigenvalue weighted by Gasteiger charge is -2.15. The second kappa shape index (κ2) is 36.5. The Kier molecular flexibility index (Phi) is 35.1. The molecule has 0 saturated heterocycles. The van der Waals surface area contributed by atoms with Gasteiger partial charge in [-0.25, -0.2) is 0 Å². The molecule has 0 bridgehead atoms. The summed E-state index contributed by atoms with van der Waals surface area (Å²) in [5.74, 6) is -0.217. The smallest absolute Gasteiger partial charge is 0.306 e. The molecule has 4 heteroatoms. The van der Waals surface area contributed by atoms with Gasteiger partial charge in [-0.3, -0.25) is 4.79 Å². The highest BCUT2D eigenvalue weighted by atomic mass is 16.6. The van der Waals surface area contributed by atoms with Crippen molar-refractivity contribution in [1.82, 2.24) is 0 Å². The maximum absolute atomic E-state index is 12.1. The number of carbonyl (C=O) groups excluding carboxylic acids is 1. The van der Waals surface area contributed by atoms with Gasteiger partial charge in [-0.05, 0) is 70.6 Å². The number of aliphatic hydroxyl groups excluding tert-OH is 1. The number of esters is 1. The van der Waals surface area contributed by atoms with Gasteiger partial charge in [-0.2, -0.15) is 0 Å². The summed E-state index contributed by atoms with van der Waals surface area (Å²) in [4.78, 5) is 12.1. The Hall–Kier alpha value is -1.65. The SMILES string of the molecule is CCCC/C=C\CCCCCCCC(=O)OC(CO)COCCCCCCCCC/C=C\C/C=C\C/C=C\CCCCC. The lowest BCUT2D eigenvalue weighted by atomic mass is 10.1. The topological polar surface area (TPSA) is 55.8 Å². The van der Waals surface area contributed by atoms with Crippen molar-refractivity contribution >= 4 is 5.97 Å². The largest absolute Gasteiger partial charge is 0.457 e. The lowest BCUT2D eigenvalue weighted by molar-refractivity contribution is -0.154. The summed E-state index contributed by atoms with van der Waals surface area (Å²) in [5.41, 5.74) is 0. The van der Waals surface area contributed by atoms with Crippen molar-refractivity contribution in [2.75, 3.05) is 19.8 Å². The quantitative estimate of drug-likeness (QED) is 0.0461. The van der Waals surface area contributed by atoms with Crippen molar-refractivity contribution in [1.29, 1.82) is 0 Å². The minimum absolute atomic E-state index is 0.180.